The first kappa shape index (κ1) is 20.2. The third-order valence-corrected chi connectivity index (χ3v) is 4.65. The van der Waals surface area contributed by atoms with Gasteiger partial charge >= 0.3 is 0 Å². The molecule has 0 bridgehead atoms. The van der Waals surface area contributed by atoms with Crippen LogP contribution < -0.4 is 10.6 Å². The van der Waals surface area contributed by atoms with Gasteiger partial charge in [-0.2, -0.15) is 5.10 Å². The summed E-state index contributed by atoms with van der Waals surface area (Å²) in [6.45, 7) is 5.11. The fourth-order valence-electron chi connectivity index (χ4n) is 3.58. The Labute approximate surface area is 150 Å². The van der Waals surface area contributed by atoms with E-state index >= 15 is 0 Å². The van der Waals surface area contributed by atoms with E-state index in [1.54, 1.807) is 4.68 Å². The Hall–Kier alpha value is -0.820. The highest BCUT2D eigenvalue weighted by atomic mass is 35.5. The molecular weight excluding hydrogens is 337 g/mol. The number of nitrogens with one attached hydrogen (secondary N) is 2. The quantitative estimate of drug-likeness (QED) is 0.858. The first-order chi connectivity index (χ1) is 10.1. The van der Waals surface area contributed by atoms with Crippen LogP contribution in [0.25, 0.3) is 0 Å². The number of halogens is 2. The van der Waals surface area contributed by atoms with Gasteiger partial charge in [-0.25, -0.2) is 0 Å². The summed E-state index contributed by atoms with van der Waals surface area (Å²) in [6, 6.07) is 0.576. The van der Waals surface area contributed by atoms with E-state index in [2.05, 4.69) is 20.6 Å². The van der Waals surface area contributed by atoms with Gasteiger partial charge in [-0.3, -0.25) is 14.4 Å². The molecule has 0 saturated carbocycles. The van der Waals surface area contributed by atoms with Crippen molar-refractivity contribution in [1.82, 2.24) is 20.0 Å². The van der Waals surface area contributed by atoms with Crippen LogP contribution in [0.1, 0.15) is 31.4 Å². The van der Waals surface area contributed by atoms with Crippen molar-refractivity contribution >= 4 is 36.4 Å². The summed E-state index contributed by atoms with van der Waals surface area (Å²) in [6.07, 6.45) is 6.26. The monoisotopic (exact) mass is 363 g/mol. The van der Waals surface area contributed by atoms with Crippen LogP contribution in [0, 0.1) is 6.92 Å². The summed E-state index contributed by atoms with van der Waals surface area (Å²) in [5.74, 6) is 0.127. The number of hydrogen-bond acceptors (Lipinski definition) is 4. The Bertz CT molecular complexity index is 516. The fourth-order valence-corrected chi connectivity index (χ4v) is 3.58. The van der Waals surface area contributed by atoms with Crippen LogP contribution in [0.2, 0.25) is 0 Å². The number of piperidine rings is 1. The number of hydrogen-bond donors (Lipinski definition) is 2. The van der Waals surface area contributed by atoms with Gasteiger partial charge in [0.15, 0.2) is 0 Å². The van der Waals surface area contributed by atoms with Crippen molar-refractivity contribution in [2.45, 2.75) is 44.7 Å². The molecule has 1 aromatic heterocycles. The number of carbonyl (C=O) groups excluding carboxylic acids is 1. The number of amides is 1. The SMILES string of the molecule is Cc1nn(C)cc1NC(=O)[C@@H]1CCCN1C1CCNCC1.Cl.Cl. The molecular formula is C15H27Cl2N5O. The highest BCUT2D eigenvalue weighted by molar-refractivity contribution is 5.95. The normalized spacial score (nSPS) is 22.3. The van der Waals surface area contributed by atoms with E-state index in [0.29, 0.717) is 6.04 Å². The highest BCUT2D eigenvalue weighted by Gasteiger charge is 2.35. The van der Waals surface area contributed by atoms with Crippen molar-refractivity contribution < 1.29 is 4.79 Å². The zero-order valence-electron chi connectivity index (χ0n) is 13.7. The summed E-state index contributed by atoms with van der Waals surface area (Å²) >= 11 is 0. The van der Waals surface area contributed by atoms with Gasteiger partial charge in [0.1, 0.15) is 0 Å². The molecule has 2 aliphatic heterocycles. The first-order valence-electron chi connectivity index (χ1n) is 7.92. The van der Waals surface area contributed by atoms with Crippen molar-refractivity contribution in [3.8, 4) is 0 Å². The molecule has 0 radical (unpaired) electrons. The molecule has 23 heavy (non-hydrogen) atoms. The number of aryl methyl sites for hydroxylation is 2. The van der Waals surface area contributed by atoms with Crippen molar-refractivity contribution in [2.24, 2.45) is 7.05 Å². The summed E-state index contributed by atoms with van der Waals surface area (Å²) in [4.78, 5) is 15.0. The van der Waals surface area contributed by atoms with E-state index in [9.17, 15) is 4.79 Å². The van der Waals surface area contributed by atoms with Gasteiger partial charge in [0.2, 0.25) is 5.91 Å². The molecule has 1 aromatic rings. The summed E-state index contributed by atoms with van der Waals surface area (Å²) in [5, 5.41) is 10.7. The number of rotatable bonds is 3. The molecule has 8 heteroatoms. The molecule has 1 amide bonds. The molecule has 132 valence electrons. The van der Waals surface area contributed by atoms with Gasteiger partial charge in [0.05, 0.1) is 17.4 Å². The molecule has 2 N–H and O–H groups in total. The minimum atomic E-state index is 0. The second kappa shape index (κ2) is 8.87. The summed E-state index contributed by atoms with van der Waals surface area (Å²) < 4.78 is 1.74. The first-order valence-corrected chi connectivity index (χ1v) is 7.92. The smallest absolute Gasteiger partial charge is 0.241 e. The van der Waals surface area contributed by atoms with E-state index < -0.39 is 0 Å². The summed E-state index contributed by atoms with van der Waals surface area (Å²) in [5.41, 5.74) is 1.71. The van der Waals surface area contributed by atoms with Crippen LogP contribution in [-0.4, -0.2) is 52.3 Å². The molecule has 2 fully saturated rings. The average molecular weight is 364 g/mol. The van der Waals surface area contributed by atoms with E-state index in [1.165, 1.54) is 0 Å². The lowest BCUT2D eigenvalue weighted by molar-refractivity contribution is -0.121. The molecule has 2 aliphatic rings. The molecule has 0 aliphatic carbocycles. The Morgan fingerprint density at radius 2 is 2.00 bits per heavy atom. The van der Waals surface area contributed by atoms with Crippen molar-refractivity contribution in [1.29, 1.82) is 0 Å². The van der Waals surface area contributed by atoms with Gasteiger partial charge in [-0.05, 0) is 52.2 Å². The second-order valence-corrected chi connectivity index (χ2v) is 6.17. The Morgan fingerprint density at radius 1 is 1.30 bits per heavy atom. The van der Waals surface area contributed by atoms with Crippen LogP contribution in [0.3, 0.4) is 0 Å². The molecule has 0 aromatic carbocycles. The van der Waals surface area contributed by atoms with Crippen molar-refractivity contribution in [2.75, 3.05) is 25.0 Å². The topological polar surface area (TPSA) is 62.2 Å². The Kier molecular flexibility index (Phi) is 7.80. The van der Waals surface area contributed by atoms with Gasteiger partial charge in [0, 0.05) is 19.3 Å². The van der Waals surface area contributed by atoms with Crippen LogP contribution >= 0.6 is 24.8 Å². The van der Waals surface area contributed by atoms with Crippen LogP contribution in [0.4, 0.5) is 5.69 Å². The number of anilines is 1. The number of nitrogens with zero attached hydrogens (tertiary/aromatic N) is 3. The molecule has 3 rings (SSSR count). The van der Waals surface area contributed by atoms with Crippen LogP contribution in [-0.2, 0) is 11.8 Å². The van der Waals surface area contributed by atoms with Crippen molar-refractivity contribution in [3.05, 3.63) is 11.9 Å². The van der Waals surface area contributed by atoms with E-state index in [0.717, 1.165) is 56.7 Å². The maximum atomic E-state index is 12.6. The van der Waals surface area contributed by atoms with Crippen LogP contribution in [0.5, 0.6) is 0 Å². The largest absolute Gasteiger partial charge is 0.322 e. The maximum absolute atomic E-state index is 12.6. The molecule has 1 atom stereocenters. The summed E-state index contributed by atoms with van der Waals surface area (Å²) in [7, 11) is 1.87. The predicted molar refractivity (Wildman–Crippen MR) is 96.7 cm³/mol. The molecule has 0 unspecified atom stereocenters. The number of likely N-dealkylation sites (tertiary alicyclic amines) is 1. The van der Waals surface area contributed by atoms with Gasteiger partial charge < -0.3 is 10.6 Å². The Morgan fingerprint density at radius 3 is 2.61 bits per heavy atom. The molecule has 2 saturated heterocycles. The molecule has 3 heterocycles. The van der Waals surface area contributed by atoms with E-state index in [1.807, 2.05) is 20.2 Å². The van der Waals surface area contributed by atoms with Crippen LogP contribution in [0.15, 0.2) is 6.20 Å². The maximum Gasteiger partial charge on any atom is 0.241 e. The van der Waals surface area contributed by atoms with Gasteiger partial charge in [-0.15, -0.1) is 24.8 Å². The molecule has 6 nitrogen and oxygen atoms in total. The minimum Gasteiger partial charge on any atom is -0.322 e. The molecule has 0 spiro atoms. The third kappa shape index (κ3) is 4.59. The fraction of sp³-hybridized carbons (Fsp3) is 0.733. The average Bonchev–Trinajstić information content (AvgIpc) is 3.07. The number of carbonyl (C=O) groups is 1. The van der Waals surface area contributed by atoms with E-state index in [4.69, 9.17) is 0 Å². The minimum absolute atomic E-state index is 0. The number of aromatic nitrogens is 2. The standard InChI is InChI=1S/C15H25N5O.2ClH/c1-11-13(10-19(2)18-11)17-15(21)14-4-3-9-20(14)12-5-7-16-8-6-12;;/h10,12,14,16H,3-9H2,1-2H3,(H,17,21);2*1H/t14-;;/m0../s1. The third-order valence-electron chi connectivity index (χ3n) is 4.65. The zero-order valence-corrected chi connectivity index (χ0v) is 15.4. The lowest BCUT2D eigenvalue weighted by Gasteiger charge is -2.35. The zero-order chi connectivity index (χ0) is 14.8. The highest BCUT2D eigenvalue weighted by Crippen LogP contribution is 2.25. The van der Waals surface area contributed by atoms with Crippen molar-refractivity contribution in [3.63, 3.8) is 0 Å². The van der Waals surface area contributed by atoms with Gasteiger partial charge in [0.25, 0.3) is 0 Å². The lowest BCUT2D eigenvalue weighted by Crippen LogP contribution is -2.49. The van der Waals surface area contributed by atoms with Gasteiger partial charge in [-0.1, -0.05) is 0 Å². The second-order valence-electron chi connectivity index (χ2n) is 6.17. The lowest BCUT2D eigenvalue weighted by atomic mass is 10.0. The van der Waals surface area contributed by atoms with E-state index in [-0.39, 0.29) is 36.8 Å². The predicted octanol–water partition coefficient (Wildman–Crippen LogP) is 1.73. The Balaban J connectivity index is 0.00000132.